The van der Waals surface area contributed by atoms with E-state index in [-0.39, 0.29) is 5.91 Å². The molecule has 0 saturated carbocycles. The van der Waals surface area contributed by atoms with Gasteiger partial charge in [-0.05, 0) is 43.3 Å². The van der Waals surface area contributed by atoms with Crippen LogP contribution in [0.1, 0.15) is 13.3 Å². The Morgan fingerprint density at radius 1 is 1.21 bits per heavy atom. The second-order valence-corrected chi connectivity index (χ2v) is 4.37. The number of rotatable bonds is 6. The Balaban J connectivity index is 1.97. The molecular formula is C15H19N3O. The molecule has 0 atom stereocenters. The maximum Gasteiger partial charge on any atom is 0.238 e. The Labute approximate surface area is 113 Å². The molecule has 4 heteroatoms. The highest BCUT2D eigenvalue weighted by atomic mass is 16.1. The van der Waals surface area contributed by atoms with Crippen molar-refractivity contribution in [1.82, 2.24) is 9.88 Å². The Bertz CT molecular complexity index is 520. The molecule has 0 aliphatic rings. The van der Waals surface area contributed by atoms with Crippen molar-refractivity contribution in [3.63, 3.8) is 0 Å². The fraction of sp³-hybridized carbons (Fsp3) is 0.267. The molecule has 2 aromatic rings. The lowest BCUT2D eigenvalue weighted by Gasteiger charge is -2.08. The van der Waals surface area contributed by atoms with E-state index in [1.807, 2.05) is 53.4 Å². The molecule has 2 rings (SSSR count). The van der Waals surface area contributed by atoms with Gasteiger partial charge in [0.25, 0.3) is 0 Å². The van der Waals surface area contributed by atoms with Crippen molar-refractivity contribution in [2.75, 3.05) is 18.4 Å². The number of amides is 1. The quantitative estimate of drug-likeness (QED) is 0.781. The zero-order valence-corrected chi connectivity index (χ0v) is 11.1. The fourth-order valence-electron chi connectivity index (χ4n) is 1.83. The first-order valence-electron chi connectivity index (χ1n) is 6.53. The predicted molar refractivity (Wildman–Crippen MR) is 77.6 cm³/mol. The minimum atomic E-state index is -0.0156. The van der Waals surface area contributed by atoms with Gasteiger partial charge in [0.15, 0.2) is 0 Å². The molecule has 0 bridgehead atoms. The molecule has 2 N–H and O–H groups in total. The highest BCUT2D eigenvalue weighted by Gasteiger charge is 2.02. The van der Waals surface area contributed by atoms with Crippen LogP contribution in [-0.2, 0) is 4.79 Å². The maximum atomic E-state index is 11.7. The number of benzene rings is 1. The van der Waals surface area contributed by atoms with Gasteiger partial charge in [-0.3, -0.25) is 4.79 Å². The SMILES string of the molecule is CCCNCC(=O)Nc1cccc(-n2cccc2)c1. The smallest absolute Gasteiger partial charge is 0.238 e. The first-order chi connectivity index (χ1) is 9.29. The van der Waals surface area contributed by atoms with E-state index in [4.69, 9.17) is 0 Å². The second-order valence-electron chi connectivity index (χ2n) is 4.37. The molecule has 1 amide bonds. The van der Waals surface area contributed by atoms with Crippen LogP contribution >= 0.6 is 0 Å². The Hall–Kier alpha value is -2.07. The number of hydrogen-bond acceptors (Lipinski definition) is 2. The highest BCUT2D eigenvalue weighted by Crippen LogP contribution is 2.14. The number of nitrogens with zero attached hydrogens (tertiary/aromatic N) is 1. The number of carbonyl (C=O) groups is 1. The molecule has 0 aliphatic heterocycles. The van der Waals surface area contributed by atoms with Gasteiger partial charge in [0, 0.05) is 23.8 Å². The molecule has 0 fully saturated rings. The molecule has 1 heterocycles. The number of carbonyl (C=O) groups excluding carboxylic acids is 1. The maximum absolute atomic E-state index is 11.7. The van der Waals surface area contributed by atoms with Crippen molar-refractivity contribution in [3.8, 4) is 5.69 Å². The lowest BCUT2D eigenvalue weighted by molar-refractivity contribution is -0.115. The topological polar surface area (TPSA) is 46.1 Å². The minimum absolute atomic E-state index is 0.0156. The van der Waals surface area contributed by atoms with Gasteiger partial charge in [-0.2, -0.15) is 0 Å². The third-order valence-electron chi connectivity index (χ3n) is 2.74. The van der Waals surface area contributed by atoms with E-state index < -0.39 is 0 Å². The molecule has 100 valence electrons. The van der Waals surface area contributed by atoms with Gasteiger partial charge in [-0.25, -0.2) is 0 Å². The van der Waals surface area contributed by atoms with Gasteiger partial charge < -0.3 is 15.2 Å². The summed E-state index contributed by atoms with van der Waals surface area (Å²) in [7, 11) is 0. The Morgan fingerprint density at radius 3 is 2.74 bits per heavy atom. The molecule has 19 heavy (non-hydrogen) atoms. The first-order valence-corrected chi connectivity index (χ1v) is 6.53. The largest absolute Gasteiger partial charge is 0.325 e. The molecule has 0 aliphatic carbocycles. The third-order valence-corrected chi connectivity index (χ3v) is 2.74. The number of nitrogens with one attached hydrogen (secondary N) is 2. The van der Waals surface area contributed by atoms with Gasteiger partial charge >= 0.3 is 0 Å². The van der Waals surface area contributed by atoms with Crippen LogP contribution in [0.25, 0.3) is 5.69 Å². The zero-order chi connectivity index (χ0) is 13.5. The van der Waals surface area contributed by atoms with Crippen LogP contribution in [0.4, 0.5) is 5.69 Å². The summed E-state index contributed by atoms with van der Waals surface area (Å²) in [6, 6.07) is 11.7. The normalized spacial score (nSPS) is 10.4. The van der Waals surface area contributed by atoms with Crippen LogP contribution in [0.2, 0.25) is 0 Å². The van der Waals surface area contributed by atoms with Gasteiger partial charge in [0.2, 0.25) is 5.91 Å². The molecule has 0 saturated heterocycles. The number of aromatic nitrogens is 1. The van der Waals surface area contributed by atoms with Gasteiger partial charge in [-0.15, -0.1) is 0 Å². The van der Waals surface area contributed by atoms with Crippen molar-refractivity contribution < 1.29 is 4.79 Å². The predicted octanol–water partition coefficient (Wildman–Crippen LogP) is 2.42. The van der Waals surface area contributed by atoms with Gasteiger partial charge in [0.05, 0.1) is 6.54 Å². The summed E-state index contributed by atoms with van der Waals surface area (Å²) >= 11 is 0. The first kappa shape index (κ1) is 13.4. The summed E-state index contributed by atoms with van der Waals surface area (Å²) in [5.41, 5.74) is 1.85. The summed E-state index contributed by atoms with van der Waals surface area (Å²) in [4.78, 5) is 11.7. The van der Waals surface area contributed by atoms with Crippen molar-refractivity contribution >= 4 is 11.6 Å². The molecule has 1 aromatic carbocycles. The van der Waals surface area contributed by atoms with Crippen LogP contribution in [0.15, 0.2) is 48.8 Å². The minimum Gasteiger partial charge on any atom is -0.325 e. The van der Waals surface area contributed by atoms with Crippen molar-refractivity contribution in [2.45, 2.75) is 13.3 Å². The Kier molecular flexibility index (Phi) is 4.75. The van der Waals surface area contributed by atoms with Gasteiger partial charge in [-0.1, -0.05) is 13.0 Å². The fourth-order valence-corrected chi connectivity index (χ4v) is 1.83. The van der Waals surface area contributed by atoms with E-state index in [9.17, 15) is 4.79 Å². The zero-order valence-electron chi connectivity index (χ0n) is 11.1. The lowest BCUT2D eigenvalue weighted by Crippen LogP contribution is -2.28. The van der Waals surface area contributed by atoms with E-state index in [1.165, 1.54) is 0 Å². The average Bonchev–Trinajstić information content (AvgIpc) is 2.93. The van der Waals surface area contributed by atoms with Crippen LogP contribution in [-0.4, -0.2) is 23.6 Å². The van der Waals surface area contributed by atoms with Gasteiger partial charge in [0.1, 0.15) is 0 Å². The average molecular weight is 257 g/mol. The van der Waals surface area contributed by atoms with E-state index in [0.29, 0.717) is 6.54 Å². The summed E-state index contributed by atoms with van der Waals surface area (Å²) in [5.74, 6) is -0.0156. The van der Waals surface area contributed by atoms with E-state index in [2.05, 4.69) is 17.6 Å². The van der Waals surface area contributed by atoms with Crippen LogP contribution < -0.4 is 10.6 Å². The van der Waals surface area contributed by atoms with E-state index >= 15 is 0 Å². The second kappa shape index (κ2) is 6.75. The van der Waals surface area contributed by atoms with Crippen molar-refractivity contribution in [2.24, 2.45) is 0 Å². The van der Waals surface area contributed by atoms with E-state index in [1.54, 1.807) is 0 Å². The molecule has 4 nitrogen and oxygen atoms in total. The summed E-state index contributed by atoms with van der Waals surface area (Å²) in [6.45, 7) is 3.28. The summed E-state index contributed by atoms with van der Waals surface area (Å²) in [6.07, 6.45) is 4.98. The summed E-state index contributed by atoms with van der Waals surface area (Å²) in [5, 5.41) is 5.97. The number of hydrogen-bond donors (Lipinski definition) is 2. The highest BCUT2D eigenvalue weighted by molar-refractivity contribution is 5.92. The van der Waals surface area contributed by atoms with Crippen LogP contribution in [0, 0.1) is 0 Å². The molecule has 0 spiro atoms. The third kappa shape index (κ3) is 3.96. The standard InChI is InChI=1S/C15H19N3O/c1-2-8-16-12-15(19)17-13-6-5-7-14(11-13)18-9-3-4-10-18/h3-7,9-11,16H,2,8,12H2,1H3,(H,17,19). The Morgan fingerprint density at radius 2 is 2.00 bits per heavy atom. The molecule has 1 aromatic heterocycles. The number of anilines is 1. The monoisotopic (exact) mass is 257 g/mol. The molecular weight excluding hydrogens is 238 g/mol. The lowest BCUT2D eigenvalue weighted by atomic mass is 10.2. The van der Waals surface area contributed by atoms with Crippen LogP contribution in [0.3, 0.4) is 0 Å². The molecule has 0 radical (unpaired) electrons. The van der Waals surface area contributed by atoms with Crippen molar-refractivity contribution in [1.29, 1.82) is 0 Å². The summed E-state index contributed by atoms with van der Waals surface area (Å²) < 4.78 is 2.00. The molecule has 0 unspecified atom stereocenters. The van der Waals surface area contributed by atoms with E-state index in [0.717, 1.165) is 24.3 Å². The van der Waals surface area contributed by atoms with Crippen molar-refractivity contribution in [3.05, 3.63) is 48.8 Å². The van der Waals surface area contributed by atoms with Crippen LogP contribution in [0.5, 0.6) is 0 Å².